The van der Waals surface area contributed by atoms with Gasteiger partial charge in [0.1, 0.15) is 11.4 Å². The highest BCUT2D eigenvalue weighted by atomic mass is 16.5. The molecule has 0 saturated carbocycles. The number of hydrogen-bond donors (Lipinski definition) is 2. The maximum atomic E-state index is 5.77. The normalized spacial score (nSPS) is 15.3. The van der Waals surface area contributed by atoms with Gasteiger partial charge < -0.3 is 20.2 Å². The van der Waals surface area contributed by atoms with Crippen molar-refractivity contribution in [3.05, 3.63) is 53.9 Å². The minimum absolute atomic E-state index is 0.649. The molecular weight excluding hydrogens is 338 g/mol. The number of nitrogens with one attached hydrogen (secondary N) is 1. The maximum absolute atomic E-state index is 5.77. The van der Waals surface area contributed by atoms with Gasteiger partial charge in [-0.2, -0.15) is 0 Å². The molecule has 0 aliphatic carbocycles. The van der Waals surface area contributed by atoms with Gasteiger partial charge in [-0.1, -0.05) is 18.2 Å². The van der Waals surface area contributed by atoms with Crippen molar-refractivity contribution < 1.29 is 4.74 Å². The monoisotopic (exact) mass is 365 g/mol. The van der Waals surface area contributed by atoms with Crippen LogP contribution in [-0.2, 0) is 13.0 Å². The number of benzene rings is 1. The molecular formula is C21H27N5O. The topological polar surface area (TPSA) is 67.8 Å². The lowest BCUT2D eigenvalue weighted by Crippen LogP contribution is -2.43. The number of aromatic nitrogens is 2. The molecule has 0 bridgehead atoms. The number of nitrogens with two attached hydrogens (primary N) is 1. The van der Waals surface area contributed by atoms with Gasteiger partial charge in [-0.3, -0.25) is 4.90 Å². The highest BCUT2D eigenvalue weighted by molar-refractivity contribution is 5.68. The molecule has 142 valence electrons. The van der Waals surface area contributed by atoms with Crippen LogP contribution in [0.25, 0.3) is 16.9 Å². The van der Waals surface area contributed by atoms with E-state index in [9.17, 15) is 0 Å². The first-order valence-corrected chi connectivity index (χ1v) is 9.56. The second-order valence-electron chi connectivity index (χ2n) is 6.97. The SMILES string of the molecule is COc1cccc(-c2nc3ccc(CCN)cn3c2CN2CCNCC2)c1. The Balaban J connectivity index is 1.81. The quantitative estimate of drug-likeness (QED) is 0.699. The van der Waals surface area contributed by atoms with Crippen molar-refractivity contribution in [3.8, 4) is 17.0 Å². The van der Waals surface area contributed by atoms with Crippen LogP contribution in [0, 0.1) is 0 Å². The second kappa shape index (κ2) is 8.08. The maximum Gasteiger partial charge on any atom is 0.137 e. The first kappa shape index (κ1) is 18.0. The van der Waals surface area contributed by atoms with Crippen LogP contribution < -0.4 is 15.8 Å². The average molecular weight is 365 g/mol. The van der Waals surface area contributed by atoms with Gasteiger partial charge in [0, 0.05) is 44.5 Å². The van der Waals surface area contributed by atoms with E-state index in [4.69, 9.17) is 15.5 Å². The van der Waals surface area contributed by atoms with Crippen molar-refractivity contribution in [2.45, 2.75) is 13.0 Å². The number of ether oxygens (including phenoxy) is 1. The summed E-state index contributed by atoms with van der Waals surface area (Å²) in [4.78, 5) is 7.44. The fourth-order valence-corrected chi connectivity index (χ4v) is 3.69. The molecule has 2 aromatic heterocycles. The summed E-state index contributed by atoms with van der Waals surface area (Å²) in [6.45, 7) is 5.69. The minimum atomic E-state index is 0.649. The molecule has 6 nitrogen and oxygen atoms in total. The second-order valence-corrected chi connectivity index (χ2v) is 6.97. The molecule has 27 heavy (non-hydrogen) atoms. The Bertz CT molecular complexity index is 914. The third kappa shape index (κ3) is 3.83. The summed E-state index contributed by atoms with van der Waals surface area (Å²) in [7, 11) is 1.70. The van der Waals surface area contributed by atoms with Crippen molar-refractivity contribution >= 4 is 5.65 Å². The van der Waals surface area contributed by atoms with E-state index in [1.165, 1.54) is 11.3 Å². The van der Waals surface area contributed by atoms with Gasteiger partial charge in [0.15, 0.2) is 0 Å². The van der Waals surface area contributed by atoms with E-state index < -0.39 is 0 Å². The molecule has 0 radical (unpaired) electrons. The summed E-state index contributed by atoms with van der Waals surface area (Å²) < 4.78 is 7.66. The van der Waals surface area contributed by atoms with Crippen molar-refractivity contribution in [1.82, 2.24) is 19.6 Å². The third-order valence-corrected chi connectivity index (χ3v) is 5.14. The van der Waals surface area contributed by atoms with Crippen LogP contribution in [-0.4, -0.2) is 54.1 Å². The van der Waals surface area contributed by atoms with Crippen LogP contribution in [0.1, 0.15) is 11.3 Å². The Hall–Kier alpha value is -2.41. The summed E-state index contributed by atoms with van der Waals surface area (Å²) in [6.07, 6.45) is 3.06. The van der Waals surface area contributed by atoms with Crippen LogP contribution in [0.2, 0.25) is 0 Å². The van der Waals surface area contributed by atoms with Crippen LogP contribution in [0.3, 0.4) is 0 Å². The molecule has 1 aliphatic rings. The smallest absolute Gasteiger partial charge is 0.137 e. The summed E-state index contributed by atoms with van der Waals surface area (Å²) >= 11 is 0. The van der Waals surface area contributed by atoms with E-state index in [1.54, 1.807) is 7.11 Å². The number of rotatable bonds is 6. The lowest BCUT2D eigenvalue weighted by molar-refractivity contribution is 0.230. The van der Waals surface area contributed by atoms with Crippen LogP contribution in [0.4, 0.5) is 0 Å². The fraction of sp³-hybridized carbons (Fsp3) is 0.381. The molecule has 0 spiro atoms. The molecule has 3 aromatic rings. The van der Waals surface area contributed by atoms with Gasteiger partial charge in [-0.25, -0.2) is 4.98 Å². The van der Waals surface area contributed by atoms with Crippen molar-refractivity contribution in [3.63, 3.8) is 0 Å². The average Bonchev–Trinajstić information content (AvgIpc) is 3.07. The predicted molar refractivity (Wildman–Crippen MR) is 108 cm³/mol. The zero-order chi connectivity index (χ0) is 18.6. The van der Waals surface area contributed by atoms with E-state index in [0.29, 0.717) is 6.54 Å². The molecule has 6 heteroatoms. The Morgan fingerprint density at radius 2 is 2.04 bits per heavy atom. The molecule has 3 heterocycles. The number of nitrogens with zero attached hydrogens (tertiary/aromatic N) is 3. The first-order valence-electron chi connectivity index (χ1n) is 9.56. The molecule has 0 amide bonds. The van der Waals surface area contributed by atoms with Crippen LogP contribution in [0.5, 0.6) is 5.75 Å². The predicted octanol–water partition coefficient (Wildman–Crippen LogP) is 1.92. The Morgan fingerprint density at radius 1 is 1.19 bits per heavy atom. The van der Waals surface area contributed by atoms with Gasteiger partial charge in [0.05, 0.1) is 18.5 Å². The standard InChI is InChI=1S/C21H27N5O/c1-27-18-4-2-3-17(13-18)21-19(15-25-11-9-23-10-12-25)26-14-16(7-8-22)5-6-20(26)24-21/h2-6,13-14,23H,7-12,15,22H2,1H3. The summed E-state index contributed by atoms with van der Waals surface area (Å²) in [6, 6.07) is 12.4. The molecule has 0 unspecified atom stereocenters. The summed E-state index contributed by atoms with van der Waals surface area (Å²) in [5.41, 5.74) is 11.3. The zero-order valence-electron chi connectivity index (χ0n) is 15.8. The van der Waals surface area contributed by atoms with E-state index in [1.807, 2.05) is 12.1 Å². The number of pyridine rings is 1. The van der Waals surface area contributed by atoms with Crippen LogP contribution in [0.15, 0.2) is 42.6 Å². The summed E-state index contributed by atoms with van der Waals surface area (Å²) in [5.74, 6) is 0.849. The lowest BCUT2D eigenvalue weighted by atomic mass is 10.1. The molecule has 1 aromatic carbocycles. The molecule has 1 aliphatic heterocycles. The molecule has 3 N–H and O–H groups in total. The number of piperazine rings is 1. The van der Waals surface area contributed by atoms with Gasteiger partial charge in [-0.05, 0) is 36.7 Å². The Morgan fingerprint density at radius 3 is 2.81 bits per heavy atom. The van der Waals surface area contributed by atoms with Gasteiger partial charge in [-0.15, -0.1) is 0 Å². The first-order chi connectivity index (χ1) is 13.3. The van der Waals surface area contributed by atoms with E-state index in [-0.39, 0.29) is 0 Å². The number of methoxy groups -OCH3 is 1. The van der Waals surface area contributed by atoms with Gasteiger partial charge in [0.25, 0.3) is 0 Å². The van der Waals surface area contributed by atoms with Crippen molar-refractivity contribution in [2.24, 2.45) is 5.73 Å². The number of imidazole rings is 1. The van der Waals surface area contributed by atoms with E-state index in [2.05, 4.69) is 45.1 Å². The molecule has 1 fully saturated rings. The highest BCUT2D eigenvalue weighted by Gasteiger charge is 2.19. The minimum Gasteiger partial charge on any atom is -0.497 e. The Kier molecular flexibility index (Phi) is 5.38. The molecule has 4 rings (SSSR count). The number of fused-ring (bicyclic) bond motifs is 1. The molecule has 0 atom stereocenters. The van der Waals surface area contributed by atoms with Crippen molar-refractivity contribution in [1.29, 1.82) is 0 Å². The number of hydrogen-bond acceptors (Lipinski definition) is 5. The van der Waals surface area contributed by atoms with E-state index >= 15 is 0 Å². The highest BCUT2D eigenvalue weighted by Crippen LogP contribution is 2.29. The molecule has 1 saturated heterocycles. The largest absolute Gasteiger partial charge is 0.497 e. The lowest BCUT2D eigenvalue weighted by Gasteiger charge is -2.27. The van der Waals surface area contributed by atoms with Crippen molar-refractivity contribution in [2.75, 3.05) is 39.8 Å². The third-order valence-electron chi connectivity index (χ3n) is 5.14. The fourth-order valence-electron chi connectivity index (χ4n) is 3.69. The Labute approximate surface area is 160 Å². The van der Waals surface area contributed by atoms with Crippen LogP contribution >= 0.6 is 0 Å². The van der Waals surface area contributed by atoms with Gasteiger partial charge >= 0.3 is 0 Å². The summed E-state index contributed by atoms with van der Waals surface area (Å²) in [5, 5.41) is 3.42. The zero-order valence-corrected chi connectivity index (χ0v) is 15.8. The van der Waals surface area contributed by atoms with E-state index in [0.717, 1.165) is 61.8 Å². The van der Waals surface area contributed by atoms with Gasteiger partial charge in [0.2, 0.25) is 0 Å².